The van der Waals surface area contributed by atoms with Crippen LogP contribution in [-0.2, 0) is 4.74 Å². The molecule has 0 fully saturated rings. The Morgan fingerprint density at radius 2 is 1.76 bits per heavy atom. The molecule has 4 heteroatoms. The largest absolute Gasteiger partial charge is 0.380 e. The molecule has 92 valence electrons. The van der Waals surface area contributed by atoms with Gasteiger partial charge in [-0.1, -0.05) is 12.1 Å². The summed E-state index contributed by atoms with van der Waals surface area (Å²) in [6.07, 6.45) is 0.234. The lowest BCUT2D eigenvalue weighted by Gasteiger charge is -2.18. The van der Waals surface area contributed by atoms with Crippen LogP contribution in [0.2, 0.25) is 0 Å². The van der Waals surface area contributed by atoms with Gasteiger partial charge < -0.3 is 10.1 Å². The summed E-state index contributed by atoms with van der Waals surface area (Å²) in [6.45, 7) is 2.93. The van der Waals surface area contributed by atoms with E-state index in [1.807, 2.05) is 0 Å². The van der Waals surface area contributed by atoms with Crippen LogP contribution in [0.3, 0.4) is 0 Å². The molecule has 2 aromatic rings. The fourth-order valence-electron chi connectivity index (χ4n) is 1.62. The molecule has 2 heterocycles. The Balaban J connectivity index is 2.09. The maximum absolute atomic E-state index is 5.28. The van der Waals surface area contributed by atoms with Crippen molar-refractivity contribution in [3.05, 3.63) is 44.8 Å². The van der Waals surface area contributed by atoms with E-state index in [9.17, 15) is 0 Å². The van der Waals surface area contributed by atoms with Crippen molar-refractivity contribution in [3.8, 4) is 0 Å². The first-order valence-electron chi connectivity index (χ1n) is 5.64. The summed E-state index contributed by atoms with van der Waals surface area (Å²) in [5.41, 5.74) is 0. The van der Waals surface area contributed by atoms with Crippen molar-refractivity contribution >= 4 is 22.7 Å². The van der Waals surface area contributed by atoms with Gasteiger partial charge in [-0.15, -0.1) is 22.7 Å². The van der Waals surface area contributed by atoms with Gasteiger partial charge in [0.15, 0.2) is 0 Å². The van der Waals surface area contributed by atoms with Crippen molar-refractivity contribution in [2.24, 2.45) is 0 Å². The Morgan fingerprint density at radius 3 is 2.18 bits per heavy atom. The molecule has 0 saturated heterocycles. The average Bonchev–Trinajstić information content (AvgIpc) is 3.01. The number of ether oxygens (including phenoxy) is 1. The van der Waals surface area contributed by atoms with E-state index in [0.29, 0.717) is 6.04 Å². The summed E-state index contributed by atoms with van der Waals surface area (Å²) in [4.78, 5) is 2.71. The topological polar surface area (TPSA) is 21.3 Å². The maximum Gasteiger partial charge on any atom is 0.0765 e. The lowest BCUT2D eigenvalue weighted by atomic mass is 10.2. The van der Waals surface area contributed by atoms with E-state index >= 15 is 0 Å². The van der Waals surface area contributed by atoms with Crippen molar-refractivity contribution < 1.29 is 4.74 Å². The van der Waals surface area contributed by atoms with Gasteiger partial charge in [-0.3, -0.25) is 0 Å². The van der Waals surface area contributed by atoms with Gasteiger partial charge >= 0.3 is 0 Å². The van der Waals surface area contributed by atoms with Crippen LogP contribution in [0.5, 0.6) is 0 Å². The highest BCUT2D eigenvalue weighted by molar-refractivity contribution is 7.11. The number of hydrogen-bond acceptors (Lipinski definition) is 4. The standard InChI is InChI=1S/C13H17NOS2/c1-10(15-2)9-14-13(11-5-3-7-16-11)12-6-4-8-17-12/h3-8,10,13-14H,9H2,1-2H3. The molecular formula is C13H17NOS2. The van der Waals surface area contributed by atoms with E-state index in [4.69, 9.17) is 4.74 Å². The molecule has 0 aliphatic heterocycles. The number of nitrogens with one attached hydrogen (secondary N) is 1. The second-order valence-electron chi connectivity index (χ2n) is 3.92. The zero-order valence-corrected chi connectivity index (χ0v) is 11.7. The Hall–Kier alpha value is -0.680. The second-order valence-corrected chi connectivity index (χ2v) is 5.88. The number of hydrogen-bond donors (Lipinski definition) is 1. The lowest BCUT2D eigenvalue weighted by molar-refractivity contribution is 0.115. The quantitative estimate of drug-likeness (QED) is 0.864. The normalized spacial score (nSPS) is 13.1. The van der Waals surface area contributed by atoms with Crippen LogP contribution >= 0.6 is 22.7 Å². The Kier molecular flexibility index (Phi) is 4.74. The van der Waals surface area contributed by atoms with Gasteiger partial charge in [-0.2, -0.15) is 0 Å². The van der Waals surface area contributed by atoms with Crippen LogP contribution in [-0.4, -0.2) is 19.8 Å². The van der Waals surface area contributed by atoms with Crippen molar-refractivity contribution in [1.82, 2.24) is 5.32 Å². The molecule has 2 nitrogen and oxygen atoms in total. The second kappa shape index (κ2) is 6.31. The Bertz CT molecular complexity index is 376. The van der Waals surface area contributed by atoms with E-state index in [-0.39, 0.29) is 6.10 Å². The molecule has 1 atom stereocenters. The minimum absolute atomic E-state index is 0.234. The van der Waals surface area contributed by atoms with Gasteiger partial charge in [0.25, 0.3) is 0 Å². The highest BCUT2D eigenvalue weighted by atomic mass is 32.1. The van der Waals surface area contributed by atoms with Gasteiger partial charge in [0.05, 0.1) is 12.1 Å². The third kappa shape index (κ3) is 3.39. The fourth-order valence-corrected chi connectivity index (χ4v) is 3.33. The number of methoxy groups -OCH3 is 1. The molecule has 2 aromatic heterocycles. The molecule has 17 heavy (non-hydrogen) atoms. The maximum atomic E-state index is 5.28. The van der Waals surface area contributed by atoms with E-state index in [0.717, 1.165) is 6.54 Å². The lowest BCUT2D eigenvalue weighted by Crippen LogP contribution is -2.29. The monoisotopic (exact) mass is 267 g/mol. The van der Waals surface area contributed by atoms with E-state index in [1.54, 1.807) is 29.8 Å². The molecular weight excluding hydrogens is 250 g/mol. The molecule has 2 rings (SSSR count). The SMILES string of the molecule is COC(C)CNC(c1cccs1)c1cccs1. The fraction of sp³-hybridized carbons (Fsp3) is 0.385. The van der Waals surface area contributed by atoms with Gasteiger partial charge in [0, 0.05) is 23.4 Å². The van der Waals surface area contributed by atoms with Gasteiger partial charge in [0.2, 0.25) is 0 Å². The Labute approximate surface area is 110 Å². The minimum Gasteiger partial charge on any atom is -0.380 e. The van der Waals surface area contributed by atoms with E-state index in [2.05, 4.69) is 47.3 Å². The third-order valence-corrected chi connectivity index (χ3v) is 4.54. The highest BCUT2D eigenvalue weighted by Crippen LogP contribution is 2.28. The summed E-state index contributed by atoms with van der Waals surface area (Å²) in [7, 11) is 1.75. The zero-order chi connectivity index (χ0) is 12.1. The smallest absolute Gasteiger partial charge is 0.0765 e. The molecule has 0 amide bonds. The predicted octanol–water partition coefficient (Wildman–Crippen LogP) is 3.52. The molecule has 0 spiro atoms. The minimum atomic E-state index is 0.234. The first-order chi connectivity index (χ1) is 8.31. The van der Waals surface area contributed by atoms with Crippen LogP contribution in [0, 0.1) is 0 Å². The van der Waals surface area contributed by atoms with Crippen LogP contribution < -0.4 is 5.32 Å². The van der Waals surface area contributed by atoms with Crippen LogP contribution in [0.4, 0.5) is 0 Å². The summed E-state index contributed by atoms with van der Waals surface area (Å²) in [6, 6.07) is 8.86. The van der Waals surface area contributed by atoms with Crippen molar-refractivity contribution in [3.63, 3.8) is 0 Å². The summed E-state index contributed by atoms with van der Waals surface area (Å²) >= 11 is 3.58. The third-order valence-electron chi connectivity index (χ3n) is 2.67. The highest BCUT2D eigenvalue weighted by Gasteiger charge is 2.16. The van der Waals surface area contributed by atoms with Crippen LogP contribution in [0.1, 0.15) is 22.7 Å². The molecule has 1 N–H and O–H groups in total. The van der Waals surface area contributed by atoms with Gasteiger partial charge in [-0.05, 0) is 29.8 Å². The van der Waals surface area contributed by atoms with Crippen molar-refractivity contribution in [2.75, 3.05) is 13.7 Å². The summed E-state index contributed by atoms with van der Waals surface area (Å²) in [5.74, 6) is 0. The van der Waals surface area contributed by atoms with Crippen LogP contribution in [0.25, 0.3) is 0 Å². The Morgan fingerprint density at radius 1 is 1.18 bits per heavy atom. The number of thiophene rings is 2. The molecule has 0 aromatic carbocycles. The van der Waals surface area contributed by atoms with Crippen molar-refractivity contribution in [2.45, 2.75) is 19.1 Å². The zero-order valence-electron chi connectivity index (χ0n) is 10.1. The molecule has 1 unspecified atom stereocenters. The first kappa shape index (κ1) is 12.8. The molecule has 0 bridgehead atoms. The molecule has 0 radical (unpaired) electrons. The predicted molar refractivity (Wildman–Crippen MR) is 75.0 cm³/mol. The number of rotatable bonds is 6. The average molecular weight is 267 g/mol. The van der Waals surface area contributed by atoms with Crippen molar-refractivity contribution in [1.29, 1.82) is 0 Å². The first-order valence-corrected chi connectivity index (χ1v) is 7.40. The summed E-state index contributed by atoms with van der Waals surface area (Å²) in [5, 5.41) is 7.82. The van der Waals surface area contributed by atoms with Gasteiger partial charge in [0.1, 0.15) is 0 Å². The molecule has 0 aliphatic carbocycles. The van der Waals surface area contributed by atoms with E-state index < -0.39 is 0 Å². The van der Waals surface area contributed by atoms with Crippen LogP contribution in [0.15, 0.2) is 35.0 Å². The van der Waals surface area contributed by atoms with Gasteiger partial charge in [-0.25, -0.2) is 0 Å². The molecule has 0 saturated carbocycles. The molecule has 0 aliphatic rings. The summed E-state index contributed by atoms with van der Waals surface area (Å²) < 4.78 is 5.28. The van der Waals surface area contributed by atoms with E-state index in [1.165, 1.54) is 9.75 Å².